The van der Waals surface area contributed by atoms with E-state index < -0.39 is 10.0 Å². The summed E-state index contributed by atoms with van der Waals surface area (Å²) in [6.45, 7) is 0.601. The number of thiazole rings is 1. The first-order valence-electron chi connectivity index (χ1n) is 8.11. The van der Waals surface area contributed by atoms with Gasteiger partial charge in [-0.1, -0.05) is 11.6 Å². The molecule has 0 saturated heterocycles. The molecule has 0 unspecified atom stereocenters. The van der Waals surface area contributed by atoms with Crippen molar-refractivity contribution in [2.45, 2.75) is 11.5 Å². The van der Waals surface area contributed by atoms with Gasteiger partial charge in [0.25, 0.3) is 10.0 Å². The molecule has 0 fully saturated rings. The van der Waals surface area contributed by atoms with Gasteiger partial charge in [0.2, 0.25) is 0 Å². The van der Waals surface area contributed by atoms with Crippen molar-refractivity contribution in [3.63, 3.8) is 0 Å². The van der Waals surface area contributed by atoms with Crippen molar-refractivity contribution in [1.29, 1.82) is 0 Å². The molecule has 144 valence electrons. The van der Waals surface area contributed by atoms with Crippen molar-refractivity contribution in [3.8, 4) is 5.75 Å². The molecule has 0 atom stereocenters. The molecule has 0 saturated carbocycles. The Morgan fingerprint density at radius 3 is 2.82 bits per heavy atom. The number of ether oxygens (including phenoxy) is 2. The van der Waals surface area contributed by atoms with Crippen molar-refractivity contribution in [3.05, 3.63) is 64.1 Å². The Labute approximate surface area is 170 Å². The first-order valence-corrected chi connectivity index (χ1v) is 10.8. The zero-order valence-corrected chi connectivity index (χ0v) is 16.7. The molecule has 1 N–H and O–H groups in total. The Kier molecular flexibility index (Phi) is 5.31. The van der Waals surface area contributed by atoms with Gasteiger partial charge in [-0.25, -0.2) is 13.4 Å². The molecule has 0 bridgehead atoms. The van der Waals surface area contributed by atoms with Crippen LogP contribution in [-0.4, -0.2) is 26.4 Å². The Bertz CT molecular complexity index is 1110. The first-order chi connectivity index (χ1) is 13.5. The fourth-order valence-electron chi connectivity index (χ4n) is 2.61. The third-order valence-electron chi connectivity index (χ3n) is 3.86. The summed E-state index contributed by atoms with van der Waals surface area (Å²) in [5.41, 5.74) is 2.18. The molecule has 1 aliphatic heterocycles. The molecule has 0 spiro atoms. The lowest BCUT2D eigenvalue weighted by atomic mass is 10.1. The minimum atomic E-state index is -3.69. The second-order valence-electron chi connectivity index (χ2n) is 5.79. The van der Waals surface area contributed by atoms with Crippen LogP contribution >= 0.6 is 22.9 Å². The Hall–Kier alpha value is -2.46. The lowest BCUT2D eigenvalue weighted by Gasteiger charge is -2.19. The zero-order chi connectivity index (χ0) is 19.6. The number of nitrogens with zero attached hydrogens (tertiary/aromatic N) is 2. The molecule has 0 amide bonds. The number of aromatic nitrogens is 1. The molecule has 3 aromatic rings. The van der Waals surface area contributed by atoms with Crippen molar-refractivity contribution < 1.29 is 17.9 Å². The maximum Gasteiger partial charge on any atom is 0.263 e. The monoisotopic (exact) mass is 435 g/mol. The number of hydrogen-bond donors (Lipinski definition) is 1. The summed E-state index contributed by atoms with van der Waals surface area (Å²) in [6, 6.07) is 9.76. The number of hydrogen-bond acceptors (Lipinski definition) is 7. The van der Waals surface area contributed by atoms with Crippen molar-refractivity contribution in [2.24, 2.45) is 4.99 Å². The maximum atomic E-state index is 12.4. The number of fused-ring (bicyclic) bond motifs is 1. The van der Waals surface area contributed by atoms with Crippen LogP contribution in [0.25, 0.3) is 0 Å². The van der Waals surface area contributed by atoms with Gasteiger partial charge in [-0.15, -0.1) is 11.3 Å². The Morgan fingerprint density at radius 1 is 1.25 bits per heavy atom. The van der Waals surface area contributed by atoms with Crippen LogP contribution in [0.15, 0.2) is 57.9 Å². The number of anilines is 1. The van der Waals surface area contributed by atoms with E-state index in [-0.39, 0.29) is 11.7 Å². The highest BCUT2D eigenvalue weighted by atomic mass is 35.5. The van der Waals surface area contributed by atoms with Gasteiger partial charge in [-0.2, -0.15) is 0 Å². The van der Waals surface area contributed by atoms with E-state index in [0.717, 1.165) is 11.1 Å². The fraction of sp³-hybridized carbons (Fsp3) is 0.111. The highest BCUT2D eigenvalue weighted by Gasteiger charge is 2.16. The normalized spacial score (nSPS) is 13.9. The summed E-state index contributed by atoms with van der Waals surface area (Å²) in [4.78, 5) is 8.44. The van der Waals surface area contributed by atoms with Gasteiger partial charge >= 0.3 is 0 Å². The molecule has 1 aliphatic rings. The third kappa shape index (κ3) is 4.17. The number of halogens is 1. The van der Waals surface area contributed by atoms with E-state index in [1.165, 1.54) is 29.7 Å². The summed E-state index contributed by atoms with van der Waals surface area (Å²) in [6.07, 6.45) is 3.16. The van der Waals surface area contributed by atoms with Gasteiger partial charge in [0.15, 0.2) is 11.9 Å². The van der Waals surface area contributed by atoms with Gasteiger partial charge in [-0.3, -0.25) is 9.71 Å². The van der Waals surface area contributed by atoms with Crippen LogP contribution in [0, 0.1) is 0 Å². The predicted molar refractivity (Wildman–Crippen MR) is 108 cm³/mol. The van der Waals surface area contributed by atoms with E-state index >= 15 is 0 Å². The summed E-state index contributed by atoms with van der Waals surface area (Å²) < 4.78 is 38.0. The van der Waals surface area contributed by atoms with Crippen LogP contribution in [0.2, 0.25) is 5.02 Å². The smallest absolute Gasteiger partial charge is 0.263 e. The van der Waals surface area contributed by atoms with E-state index in [2.05, 4.69) is 14.7 Å². The standard InChI is InChI=1S/C18H14ClN3O4S2/c19-14-7-12(17-13(8-14)10-25-11-26-17)9-21-15-1-3-16(4-2-15)28(23,24)22-18-20-5-6-27-18/h1-9H,10-11H2,(H,20,22). The highest BCUT2D eigenvalue weighted by molar-refractivity contribution is 7.93. The number of benzene rings is 2. The van der Waals surface area contributed by atoms with Crippen LogP contribution in [-0.2, 0) is 21.4 Å². The number of nitrogens with one attached hydrogen (secondary N) is 1. The SMILES string of the molecule is O=S(=O)(Nc1nccs1)c1ccc(N=Cc2cc(Cl)cc3c2OCOC3)cc1. The second-order valence-corrected chi connectivity index (χ2v) is 8.80. The van der Waals surface area contributed by atoms with Gasteiger partial charge in [0, 0.05) is 33.9 Å². The molecule has 0 radical (unpaired) electrons. The molecule has 2 aromatic carbocycles. The Morgan fingerprint density at radius 2 is 2.07 bits per heavy atom. The molecule has 28 heavy (non-hydrogen) atoms. The summed E-state index contributed by atoms with van der Waals surface area (Å²) in [7, 11) is -3.69. The number of aliphatic imine (C=N–C) groups is 1. The Balaban J connectivity index is 1.55. The molecule has 2 heterocycles. The van der Waals surface area contributed by atoms with Crippen LogP contribution < -0.4 is 9.46 Å². The van der Waals surface area contributed by atoms with Crippen molar-refractivity contribution in [1.82, 2.24) is 4.98 Å². The van der Waals surface area contributed by atoms with E-state index in [1.807, 2.05) is 0 Å². The highest BCUT2D eigenvalue weighted by Crippen LogP contribution is 2.31. The average Bonchev–Trinajstić information content (AvgIpc) is 3.18. The van der Waals surface area contributed by atoms with Crippen LogP contribution in [0.5, 0.6) is 5.75 Å². The van der Waals surface area contributed by atoms with Crippen molar-refractivity contribution in [2.75, 3.05) is 11.5 Å². The summed E-state index contributed by atoms with van der Waals surface area (Å²) in [5.74, 6) is 0.686. The first kappa shape index (κ1) is 18.9. The second kappa shape index (κ2) is 7.88. The fourth-order valence-corrected chi connectivity index (χ4v) is 4.65. The minimum Gasteiger partial charge on any atom is -0.466 e. The minimum absolute atomic E-state index is 0.127. The molecule has 10 heteroatoms. The van der Waals surface area contributed by atoms with Crippen LogP contribution in [0.1, 0.15) is 11.1 Å². The zero-order valence-electron chi connectivity index (χ0n) is 14.3. The van der Waals surface area contributed by atoms with Gasteiger partial charge in [0.05, 0.1) is 17.2 Å². The average molecular weight is 436 g/mol. The van der Waals surface area contributed by atoms with E-state index in [0.29, 0.717) is 28.2 Å². The summed E-state index contributed by atoms with van der Waals surface area (Å²) >= 11 is 7.35. The van der Waals surface area contributed by atoms with Crippen LogP contribution in [0.4, 0.5) is 10.8 Å². The molecular weight excluding hydrogens is 422 g/mol. The van der Waals surface area contributed by atoms with E-state index in [4.69, 9.17) is 21.1 Å². The largest absolute Gasteiger partial charge is 0.466 e. The maximum absolute atomic E-state index is 12.4. The van der Waals surface area contributed by atoms with Gasteiger partial charge in [0.1, 0.15) is 5.75 Å². The summed E-state index contributed by atoms with van der Waals surface area (Å²) in [5, 5.41) is 2.57. The van der Waals surface area contributed by atoms with Gasteiger partial charge < -0.3 is 9.47 Å². The molecule has 0 aliphatic carbocycles. The van der Waals surface area contributed by atoms with E-state index in [1.54, 1.807) is 35.9 Å². The number of sulfonamides is 1. The number of rotatable bonds is 5. The lowest BCUT2D eigenvalue weighted by molar-refractivity contribution is -0.0164. The quantitative estimate of drug-likeness (QED) is 0.606. The lowest BCUT2D eigenvalue weighted by Crippen LogP contribution is -2.13. The van der Waals surface area contributed by atoms with Crippen LogP contribution in [0.3, 0.4) is 0 Å². The molecular formula is C18H14ClN3O4S2. The topological polar surface area (TPSA) is 89.9 Å². The molecule has 7 nitrogen and oxygen atoms in total. The van der Waals surface area contributed by atoms with Crippen molar-refractivity contribution >= 4 is 50.0 Å². The van der Waals surface area contributed by atoms with Gasteiger partial charge in [-0.05, 0) is 36.4 Å². The third-order valence-corrected chi connectivity index (χ3v) is 6.25. The van der Waals surface area contributed by atoms with E-state index in [9.17, 15) is 8.42 Å². The predicted octanol–water partition coefficient (Wildman–Crippen LogP) is 4.21. The molecule has 1 aromatic heterocycles. The molecule has 4 rings (SSSR count).